The molecule has 0 spiro atoms. The van der Waals surface area contributed by atoms with Gasteiger partial charge in [-0.2, -0.15) is 0 Å². The molecule has 2 atom stereocenters. The van der Waals surface area contributed by atoms with Crippen LogP contribution in [0.5, 0.6) is 0 Å². The molecule has 0 unspecified atom stereocenters. The first-order chi connectivity index (χ1) is 13.0. The van der Waals surface area contributed by atoms with Gasteiger partial charge in [0.05, 0.1) is 5.39 Å². The number of thioether (sulfide) groups is 1. The van der Waals surface area contributed by atoms with E-state index in [0.29, 0.717) is 11.1 Å². The van der Waals surface area contributed by atoms with E-state index in [0.717, 1.165) is 55.2 Å². The summed E-state index contributed by atoms with van der Waals surface area (Å²) in [5.41, 5.74) is 1.10. The van der Waals surface area contributed by atoms with E-state index in [1.54, 1.807) is 11.3 Å². The van der Waals surface area contributed by atoms with Gasteiger partial charge in [-0.25, -0.2) is 4.98 Å². The van der Waals surface area contributed by atoms with Crippen molar-refractivity contribution in [1.82, 2.24) is 9.97 Å². The molecular weight excluding hydrogens is 380 g/mol. The maximum absolute atomic E-state index is 12.7. The molecule has 2 heterocycles. The Hall–Kier alpha value is -1.34. The summed E-state index contributed by atoms with van der Waals surface area (Å²) in [6.45, 7) is 4.08. The van der Waals surface area contributed by atoms with E-state index in [1.807, 2.05) is 6.92 Å². The van der Waals surface area contributed by atoms with Crippen molar-refractivity contribution in [1.29, 1.82) is 0 Å². The number of aromatic amines is 1. The van der Waals surface area contributed by atoms with Crippen LogP contribution in [-0.4, -0.2) is 27.3 Å². The first-order valence-corrected chi connectivity index (χ1v) is 11.6. The molecule has 2 aromatic heterocycles. The molecule has 2 aliphatic rings. The molecule has 146 valence electrons. The van der Waals surface area contributed by atoms with E-state index in [9.17, 15) is 9.59 Å². The van der Waals surface area contributed by atoms with Crippen molar-refractivity contribution in [3.05, 3.63) is 20.8 Å². The summed E-state index contributed by atoms with van der Waals surface area (Å²) in [4.78, 5) is 34.7. The van der Waals surface area contributed by atoms with Crippen molar-refractivity contribution in [3.63, 3.8) is 0 Å². The first-order valence-electron chi connectivity index (χ1n) is 9.93. The molecule has 0 aliphatic heterocycles. The maximum atomic E-state index is 12.7. The Labute approximate surface area is 167 Å². The zero-order valence-corrected chi connectivity index (χ0v) is 17.5. The minimum Gasteiger partial charge on any atom is -0.462 e. The van der Waals surface area contributed by atoms with Crippen LogP contribution in [0.4, 0.5) is 0 Å². The van der Waals surface area contributed by atoms with Crippen molar-refractivity contribution < 1.29 is 9.53 Å². The van der Waals surface area contributed by atoms with E-state index < -0.39 is 0 Å². The van der Waals surface area contributed by atoms with Crippen molar-refractivity contribution in [2.24, 2.45) is 5.92 Å². The predicted octanol–water partition coefficient (Wildman–Crippen LogP) is 4.47. The van der Waals surface area contributed by atoms with Gasteiger partial charge in [0.15, 0.2) is 5.16 Å². The highest BCUT2D eigenvalue weighted by atomic mass is 32.2. The average molecular weight is 407 g/mol. The van der Waals surface area contributed by atoms with E-state index in [-0.39, 0.29) is 22.9 Å². The molecule has 2 aromatic rings. The number of H-pyrrole nitrogens is 1. The number of carbonyl (C=O) groups is 1. The van der Waals surface area contributed by atoms with Gasteiger partial charge in [0.1, 0.15) is 16.2 Å². The maximum Gasteiger partial charge on any atom is 0.319 e. The number of fused-ring (bicyclic) bond motifs is 3. The number of aromatic nitrogens is 2. The van der Waals surface area contributed by atoms with Gasteiger partial charge in [-0.3, -0.25) is 9.59 Å². The minimum absolute atomic E-state index is 0.0507. The quantitative estimate of drug-likeness (QED) is 0.461. The van der Waals surface area contributed by atoms with Gasteiger partial charge in [-0.15, -0.1) is 11.3 Å². The predicted molar refractivity (Wildman–Crippen MR) is 110 cm³/mol. The van der Waals surface area contributed by atoms with E-state index in [1.165, 1.54) is 28.6 Å². The van der Waals surface area contributed by atoms with Gasteiger partial charge in [0, 0.05) is 4.88 Å². The second kappa shape index (κ2) is 7.95. The fourth-order valence-electron chi connectivity index (χ4n) is 4.04. The van der Waals surface area contributed by atoms with Crippen LogP contribution in [0, 0.1) is 5.92 Å². The normalized spacial score (nSPS) is 21.8. The molecule has 7 heteroatoms. The molecule has 1 fully saturated rings. The van der Waals surface area contributed by atoms with Crippen molar-refractivity contribution in [2.75, 3.05) is 0 Å². The van der Waals surface area contributed by atoms with Crippen LogP contribution < -0.4 is 5.56 Å². The van der Waals surface area contributed by atoms with Crippen LogP contribution in [0.3, 0.4) is 0 Å². The highest BCUT2D eigenvalue weighted by Crippen LogP contribution is 2.36. The lowest BCUT2D eigenvalue weighted by Crippen LogP contribution is -2.26. The van der Waals surface area contributed by atoms with Crippen LogP contribution in [0.25, 0.3) is 10.2 Å². The highest BCUT2D eigenvalue weighted by Gasteiger charge is 2.25. The first kappa shape index (κ1) is 19.0. The van der Waals surface area contributed by atoms with Crippen LogP contribution in [0.1, 0.15) is 62.8 Å². The lowest BCUT2D eigenvalue weighted by atomic mass is 9.89. The Morgan fingerprint density at radius 1 is 1.30 bits per heavy atom. The van der Waals surface area contributed by atoms with Crippen molar-refractivity contribution in [3.8, 4) is 0 Å². The zero-order valence-electron chi connectivity index (χ0n) is 15.9. The molecule has 4 rings (SSSR count). The Balaban J connectivity index is 1.50. The number of rotatable bonds is 4. The second-order valence-electron chi connectivity index (χ2n) is 7.86. The number of carbonyl (C=O) groups excluding carboxylic acids is 1. The summed E-state index contributed by atoms with van der Waals surface area (Å²) < 4.78 is 5.64. The van der Waals surface area contributed by atoms with Gasteiger partial charge >= 0.3 is 5.97 Å². The number of nitrogens with one attached hydrogen (secondary N) is 1. The molecule has 0 saturated heterocycles. The van der Waals surface area contributed by atoms with Crippen LogP contribution in [0.2, 0.25) is 0 Å². The Morgan fingerprint density at radius 3 is 2.85 bits per heavy atom. The van der Waals surface area contributed by atoms with Gasteiger partial charge in [-0.1, -0.05) is 25.1 Å². The minimum atomic E-state index is -0.387. The van der Waals surface area contributed by atoms with Crippen molar-refractivity contribution in [2.45, 2.75) is 81.7 Å². The smallest absolute Gasteiger partial charge is 0.319 e. The number of ether oxygens (including phenoxy) is 1. The highest BCUT2D eigenvalue weighted by molar-refractivity contribution is 8.00. The number of thiophene rings is 1. The van der Waals surface area contributed by atoms with Gasteiger partial charge in [0.2, 0.25) is 0 Å². The number of aryl methyl sites for hydroxylation is 1. The van der Waals surface area contributed by atoms with Crippen LogP contribution in [-0.2, 0) is 22.4 Å². The summed E-state index contributed by atoms with van der Waals surface area (Å²) in [5.74, 6) is 0.446. The van der Waals surface area contributed by atoms with E-state index in [2.05, 4.69) is 16.9 Å². The summed E-state index contributed by atoms with van der Waals surface area (Å²) in [6, 6.07) is 0. The van der Waals surface area contributed by atoms with E-state index in [4.69, 9.17) is 4.74 Å². The monoisotopic (exact) mass is 406 g/mol. The molecule has 0 amide bonds. The summed E-state index contributed by atoms with van der Waals surface area (Å²) in [6.07, 6.45) is 8.58. The molecule has 0 radical (unpaired) electrons. The molecule has 0 aromatic carbocycles. The Kier molecular flexibility index (Phi) is 5.60. The number of hydrogen-bond acceptors (Lipinski definition) is 6. The van der Waals surface area contributed by atoms with Gasteiger partial charge in [0.25, 0.3) is 5.56 Å². The Morgan fingerprint density at radius 2 is 2.07 bits per heavy atom. The average Bonchev–Trinajstić information content (AvgIpc) is 3.00. The number of esters is 1. The second-order valence-corrected chi connectivity index (χ2v) is 10.3. The third-order valence-corrected chi connectivity index (χ3v) is 7.71. The SMILES string of the molecule is C[C@H]1CCc2c(sc3nc(S[C@@H](C)C(=O)OC4CCCCC4)[nH]c(=O)c23)C1. The van der Waals surface area contributed by atoms with Gasteiger partial charge < -0.3 is 9.72 Å². The largest absolute Gasteiger partial charge is 0.462 e. The molecule has 27 heavy (non-hydrogen) atoms. The van der Waals surface area contributed by atoms with E-state index >= 15 is 0 Å². The van der Waals surface area contributed by atoms with Gasteiger partial charge in [-0.05, 0) is 63.4 Å². The van der Waals surface area contributed by atoms with Crippen LogP contribution >= 0.6 is 23.1 Å². The third kappa shape index (κ3) is 4.09. The third-order valence-electron chi connectivity index (χ3n) is 5.60. The molecule has 1 saturated carbocycles. The molecule has 1 N–H and O–H groups in total. The molecule has 2 aliphatic carbocycles. The fourth-order valence-corrected chi connectivity index (χ4v) is 6.27. The lowest BCUT2D eigenvalue weighted by molar-refractivity contribution is -0.149. The Bertz CT molecular complexity index is 898. The van der Waals surface area contributed by atoms with Crippen molar-refractivity contribution >= 4 is 39.3 Å². The zero-order chi connectivity index (χ0) is 19.0. The molecular formula is C20H26N2O3S2. The number of hydrogen-bond donors (Lipinski definition) is 1. The summed E-state index contributed by atoms with van der Waals surface area (Å²) in [7, 11) is 0. The summed E-state index contributed by atoms with van der Waals surface area (Å²) in [5, 5.41) is 0.873. The topological polar surface area (TPSA) is 72.0 Å². The molecule has 0 bridgehead atoms. The van der Waals surface area contributed by atoms with Crippen LogP contribution in [0.15, 0.2) is 9.95 Å². The summed E-state index contributed by atoms with van der Waals surface area (Å²) >= 11 is 2.92. The molecule has 5 nitrogen and oxygen atoms in total. The number of nitrogens with zero attached hydrogens (tertiary/aromatic N) is 1. The fraction of sp³-hybridized carbons (Fsp3) is 0.650. The standard InChI is InChI=1S/C20H26N2O3S2/c1-11-8-9-14-15(10-11)27-18-16(14)17(23)21-20(22-18)26-12(2)19(24)25-13-6-4-3-5-7-13/h11-13H,3-10H2,1-2H3,(H,21,22,23)/t11-,12-/m0/s1. The lowest BCUT2D eigenvalue weighted by Gasteiger charge is -2.23.